The van der Waals surface area contributed by atoms with E-state index in [0.717, 1.165) is 94.2 Å². The van der Waals surface area contributed by atoms with E-state index in [1.54, 1.807) is 0 Å². The molecule has 2 unspecified atom stereocenters. The summed E-state index contributed by atoms with van der Waals surface area (Å²) >= 11 is 0. The molecule has 9 heteroatoms. The van der Waals surface area contributed by atoms with E-state index in [9.17, 15) is 9.59 Å². The van der Waals surface area contributed by atoms with Gasteiger partial charge >= 0.3 is 11.9 Å². The number of hydrogen-bond donors (Lipinski definition) is 0. The van der Waals surface area contributed by atoms with E-state index in [1.165, 1.54) is 64.2 Å². The van der Waals surface area contributed by atoms with Gasteiger partial charge in [0.25, 0.3) is 0 Å². The lowest BCUT2D eigenvalue weighted by molar-refractivity contribution is 0.0438. The fourth-order valence-corrected chi connectivity index (χ4v) is 8.39. The number of aromatic nitrogens is 4. The summed E-state index contributed by atoms with van der Waals surface area (Å²) < 4.78 is 18.0. The molecule has 0 N–H and O–H groups in total. The third-order valence-corrected chi connectivity index (χ3v) is 13.6. The lowest BCUT2D eigenvalue weighted by atomic mass is 9.96. The van der Waals surface area contributed by atoms with Crippen molar-refractivity contribution >= 4 is 11.9 Å². The summed E-state index contributed by atoms with van der Waals surface area (Å²) in [4.78, 5) is 45.6. The molecule has 9 nitrogen and oxygen atoms in total. The van der Waals surface area contributed by atoms with Gasteiger partial charge in [0.05, 0.1) is 37.6 Å². The summed E-state index contributed by atoms with van der Waals surface area (Å²) in [5.41, 5.74) is 10.6. The first kappa shape index (κ1) is 54.3. The van der Waals surface area contributed by atoms with Crippen molar-refractivity contribution in [2.24, 2.45) is 11.8 Å². The van der Waals surface area contributed by atoms with Gasteiger partial charge in [0, 0.05) is 35.9 Å². The molecule has 0 fully saturated rings. The maximum atomic E-state index is 13.4. The molecule has 0 bridgehead atoms. The minimum absolute atomic E-state index is 0.267. The molecule has 2 heterocycles. The van der Waals surface area contributed by atoms with Crippen molar-refractivity contribution in [1.29, 1.82) is 0 Å². The summed E-state index contributed by atoms with van der Waals surface area (Å²) in [6.45, 7) is 14.1. The van der Waals surface area contributed by atoms with Crippen LogP contribution >= 0.6 is 0 Å². The van der Waals surface area contributed by atoms with E-state index >= 15 is 0 Å². The Bertz CT molecular complexity index is 2350. The van der Waals surface area contributed by atoms with Gasteiger partial charge in [-0.2, -0.15) is 0 Å². The molecular formula is C62H78N4O5. The van der Waals surface area contributed by atoms with Crippen molar-refractivity contribution in [1.82, 2.24) is 19.9 Å². The second-order valence-electron chi connectivity index (χ2n) is 19.5. The number of carbonyl (C=O) groups excluding carboxylic acids is 2. The highest BCUT2D eigenvalue weighted by Gasteiger charge is 2.18. The second-order valence-corrected chi connectivity index (χ2v) is 19.5. The average molecular weight is 959 g/mol. The molecule has 0 spiro atoms. The van der Waals surface area contributed by atoms with Crippen molar-refractivity contribution in [3.63, 3.8) is 0 Å². The van der Waals surface area contributed by atoms with Gasteiger partial charge < -0.3 is 14.2 Å². The summed E-state index contributed by atoms with van der Waals surface area (Å²) in [6, 6.07) is 27.7. The van der Waals surface area contributed by atoms with Crippen molar-refractivity contribution in [3.05, 3.63) is 143 Å². The van der Waals surface area contributed by atoms with Crippen LogP contribution in [0, 0.1) is 11.8 Å². The van der Waals surface area contributed by atoms with Crippen molar-refractivity contribution in [2.45, 2.75) is 157 Å². The van der Waals surface area contributed by atoms with Crippen molar-refractivity contribution < 1.29 is 23.8 Å². The largest absolute Gasteiger partial charge is 0.462 e. The Morgan fingerprint density at radius 1 is 0.451 bits per heavy atom. The standard InChI is InChI=1S/C62H78N4O5/c1-7-11-13-15-17-19-21-47-37-63-59(64-38-47)51-27-23-49(24-28-51)57-35-53(61(67)70-41-45(5)9-3)31-33-55(57)43-69-44-56-34-32-54(62(68)71-42-46(6)10-4)36-58(56)50-25-29-52(30-26-50)60-65-39-48(40-66-60)22-20-18-16-14-12-8-2/h23-40,45-46H,7-22,41-44H2,1-6H3. The Kier molecular flexibility index (Phi) is 22.4. The molecule has 2 atom stereocenters. The van der Waals surface area contributed by atoms with Gasteiger partial charge in [-0.3, -0.25) is 0 Å². The van der Waals surface area contributed by atoms with Crippen LogP contribution in [0.15, 0.2) is 110 Å². The second kappa shape index (κ2) is 29.3. The smallest absolute Gasteiger partial charge is 0.338 e. The molecule has 2 aromatic heterocycles. The van der Waals surface area contributed by atoms with Gasteiger partial charge in [-0.05, 0) is 106 Å². The van der Waals surface area contributed by atoms with Crippen LogP contribution in [0.3, 0.4) is 0 Å². The Hall–Kier alpha value is -6.06. The molecule has 0 aliphatic carbocycles. The van der Waals surface area contributed by atoms with Gasteiger partial charge in [0.15, 0.2) is 11.6 Å². The topological polar surface area (TPSA) is 113 Å². The number of nitrogens with zero attached hydrogens (tertiary/aromatic N) is 4. The third kappa shape index (κ3) is 17.1. The molecule has 6 aromatic rings. The zero-order valence-corrected chi connectivity index (χ0v) is 43.5. The van der Waals surface area contributed by atoms with Crippen LogP contribution in [-0.4, -0.2) is 45.1 Å². The van der Waals surface area contributed by atoms with E-state index < -0.39 is 0 Å². The van der Waals surface area contributed by atoms with Crippen LogP contribution in [0.1, 0.15) is 174 Å². The molecule has 0 aliphatic heterocycles. The molecule has 0 amide bonds. The van der Waals surface area contributed by atoms with Crippen LogP contribution in [0.4, 0.5) is 0 Å². The van der Waals surface area contributed by atoms with E-state index in [2.05, 4.69) is 41.5 Å². The fraction of sp³-hybridized carbons (Fsp3) is 0.452. The Balaban J connectivity index is 1.20. The van der Waals surface area contributed by atoms with E-state index in [4.69, 9.17) is 34.1 Å². The minimum atomic E-state index is -0.351. The molecule has 0 saturated heterocycles. The predicted molar refractivity (Wildman–Crippen MR) is 288 cm³/mol. The van der Waals surface area contributed by atoms with E-state index in [0.29, 0.717) is 36.0 Å². The summed E-state index contributed by atoms with van der Waals surface area (Å²) in [7, 11) is 0. The first-order valence-electron chi connectivity index (χ1n) is 26.7. The molecular weight excluding hydrogens is 881 g/mol. The first-order valence-corrected chi connectivity index (χ1v) is 26.7. The van der Waals surface area contributed by atoms with E-state index in [1.807, 2.05) is 110 Å². The predicted octanol–water partition coefficient (Wildman–Crippen LogP) is 15.9. The number of rotatable bonds is 30. The highest BCUT2D eigenvalue weighted by Crippen LogP contribution is 2.32. The van der Waals surface area contributed by atoms with Crippen molar-refractivity contribution in [3.8, 4) is 45.0 Å². The summed E-state index contributed by atoms with van der Waals surface area (Å²) in [5.74, 6) is 1.18. The van der Waals surface area contributed by atoms with Crippen LogP contribution in [0.2, 0.25) is 0 Å². The molecule has 0 aliphatic rings. The van der Waals surface area contributed by atoms with Crippen LogP contribution in [0.5, 0.6) is 0 Å². The molecule has 6 rings (SSSR count). The number of benzene rings is 4. The molecule has 0 radical (unpaired) electrons. The van der Waals surface area contributed by atoms with Gasteiger partial charge in [-0.15, -0.1) is 0 Å². The van der Waals surface area contributed by atoms with E-state index in [-0.39, 0.29) is 37.0 Å². The normalized spacial score (nSPS) is 12.1. The Labute approximate surface area is 424 Å². The number of aryl methyl sites for hydroxylation is 2. The molecule has 71 heavy (non-hydrogen) atoms. The highest BCUT2D eigenvalue weighted by atomic mass is 16.5. The number of ether oxygens (including phenoxy) is 3. The van der Waals surface area contributed by atoms with Crippen molar-refractivity contribution in [2.75, 3.05) is 13.2 Å². The minimum Gasteiger partial charge on any atom is -0.462 e. The van der Waals surface area contributed by atoms with Gasteiger partial charge in [-0.1, -0.05) is 179 Å². The third-order valence-electron chi connectivity index (χ3n) is 13.6. The molecule has 0 saturated carbocycles. The monoisotopic (exact) mass is 959 g/mol. The average Bonchev–Trinajstić information content (AvgIpc) is 3.41. The number of hydrogen-bond acceptors (Lipinski definition) is 9. The zero-order chi connectivity index (χ0) is 50.2. The molecule has 376 valence electrons. The quantitative estimate of drug-likeness (QED) is 0.0322. The summed E-state index contributed by atoms with van der Waals surface area (Å²) in [6.07, 6.45) is 26.7. The summed E-state index contributed by atoms with van der Waals surface area (Å²) in [5, 5.41) is 0. The number of esters is 2. The Morgan fingerprint density at radius 2 is 0.803 bits per heavy atom. The lowest BCUT2D eigenvalue weighted by Gasteiger charge is -2.16. The zero-order valence-electron chi connectivity index (χ0n) is 43.5. The maximum Gasteiger partial charge on any atom is 0.338 e. The SMILES string of the molecule is CCCCCCCCc1cnc(-c2ccc(-c3cc(C(=O)OCC(C)CC)ccc3COCc3ccc(C(=O)OCC(C)CC)cc3-c3ccc(-c4ncc(CCCCCCCC)cn4)cc3)cc2)nc1. The Morgan fingerprint density at radius 3 is 1.17 bits per heavy atom. The van der Waals surface area contributed by atoms with Crippen LogP contribution in [-0.2, 0) is 40.3 Å². The number of carbonyl (C=O) groups is 2. The lowest BCUT2D eigenvalue weighted by Crippen LogP contribution is -2.12. The van der Waals surface area contributed by atoms with Gasteiger partial charge in [-0.25, -0.2) is 29.5 Å². The van der Waals surface area contributed by atoms with Gasteiger partial charge in [0.1, 0.15) is 0 Å². The number of unbranched alkanes of at least 4 members (excludes halogenated alkanes) is 10. The van der Waals surface area contributed by atoms with Gasteiger partial charge in [0.2, 0.25) is 0 Å². The molecule has 4 aromatic carbocycles. The fourth-order valence-electron chi connectivity index (χ4n) is 8.39. The maximum absolute atomic E-state index is 13.4. The first-order chi connectivity index (χ1) is 34.7. The van der Waals surface area contributed by atoms with Crippen LogP contribution < -0.4 is 0 Å². The van der Waals surface area contributed by atoms with Crippen LogP contribution in [0.25, 0.3) is 45.0 Å². The highest BCUT2D eigenvalue weighted by molar-refractivity contribution is 5.92.